The number of ether oxygens (including phenoxy) is 1. The van der Waals surface area contributed by atoms with E-state index in [0.29, 0.717) is 0 Å². The van der Waals surface area contributed by atoms with Crippen molar-refractivity contribution < 1.29 is 9.84 Å². The normalized spacial score (nSPS) is 10.4. The number of unbranched alkanes of at least 4 members (excludes halogenated alkanes) is 2. The van der Waals surface area contributed by atoms with Gasteiger partial charge in [-0.3, -0.25) is 0 Å². The smallest absolute Gasteiger partial charge is 0.124 e. The van der Waals surface area contributed by atoms with Crippen molar-refractivity contribution in [2.24, 2.45) is 0 Å². The van der Waals surface area contributed by atoms with E-state index in [1.54, 1.807) is 6.07 Å². The van der Waals surface area contributed by atoms with Gasteiger partial charge in [-0.05, 0) is 54.3 Å². The number of hydrogen-bond acceptors (Lipinski definition) is 2. The summed E-state index contributed by atoms with van der Waals surface area (Å²) in [5, 5.41) is 11.3. The number of fused-ring (bicyclic) bond motifs is 1. The molecule has 2 aromatic carbocycles. The Morgan fingerprint density at radius 1 is 1.22 bits per heavy atom. The number of phenols is 1. The summed E-state index contributed by atoms with van der Waals surface area (Å²) >= 11 is 0. The number of aromatic hydroxyl groups is 1. The van der Waals surface area contributed by atoms with Crippen LogP contribution < -0.4 is 4.74 Å². The SMILES string of the molecule is C=CCCCCOc1ccc2[c]c(O)ccc2c1. The van der Waals surface area contributed by atoms with Gasteiger partial charge in [0.25, 0.3) is 0 Å². The summed E-state index contributed by atoms with van der Waals surface area (Å²) in [5.41, 5.74) is 0. The molecule has 1 radical (unpaired) electrons. The monoisotopic (exact) mass is 241 g/mol. The van der Waals surface area contributed by atoms with Crippen LogP contribution in [0.3, 0.4) is 0 Å². The van der Waals surface area contributed by atoms with Crippen molar-refractivity contribution in [1.82, 2.24) is 0 Å². The van der Waals surface area contributed by atoms with Crippen LogP contribution in [0.25, 0.3) is 10.8 Å². The summed E-state index contributed by atoms with van der Waals surface area (Å²) in [6.07, 6.45) is 5.11. The Kier molecular flexibility index (Phi) is 4.24. The molecule has 0 saturated carbocycles. The molecule has 0 amide bonds. The Balaban J connectivity index is 1.97. The maximum absolute atomic E-state index is 9.33. The van der Waals surface area contributed by atoms with Crippen molar-refractivity contribution in [3.63, 3.8) is 0 Å². The minimum Gasteiger partial charge on any atom is -0.507 e. The van der Waals surface area contributed by atoms with E-state index < -0.39 is 0 Å². The third kappa shape index (κ3) is 3.27. The van der Waals surface area contributed by atoms with E-state index in [-0.39, 0.29) is 5.75 Å². The molecule has 0 aliphatic heterocycles. The van der Waals surface area contributed by atoms with Crippen LogP contribution in [0.4, 0.5) is 0 Å². The van der Waals surface area contributed by atoms with Gasteiger partial charge in [-0.25, -0.2) is 0 Å². The number of hydrogen-bond donors (Lipinski definition) is 1. The van der Waals surface area contributed by atoms with Crippen molar-refractivity contribution in [3.05, 3.63) is 49.1 Å². The molecule has 2 aromatic rings. The molecule has 93 valence electrons. The molecular formula is C16H17O2. The lowest BCUT2D eigenvalue weighted by atomic mass is 10.1. The van der Waals surface area contributed by atoms with Gasteiger partial charge in [0.05, 0.1) is 6.61 Å². The molecule has 0 saturated heterocycles. The van der Waals surface area contributed by atoms with Crippen LogP contribution in [-0.4, -0.2) is 11.7 Å². The number of rotatable bonds is 6. The minimum absolute atomic E-state index is 0.167. The van der Waals surface area contributed by atoms with Gasteiger partial charge in [0.1, 0.15) is 11.5 Å². The molecule has 0 aromatic heterocycles. The summed E-state index contributed by atoms with van der Waals surface area (Å²) in [6, 6.07) is 12.2. The Morgan fingerprint density at radius 2 is 2.11 bits per heavy atom. The van der Waals surface area contributed by atoms with Crippen LogP contribution in [0.15, 0.2) is 43.0 Å². The average Bonchev–Trinajstić information content (AvgIpc) is 2.38. The first-order chi connectivity index (χ1) is 8.79. The lowest BCUT2D eigenvalue weighted by molar-refractivity contribution is 0.308. The highest BCUT2D eigenvalue weighted by Crippen LogP contribution is 2.23. The Bertz CT molecular complexity index is 532. The van der Waals surface area contributed by atoms with E-state index in [1.807, 2.05) is 30.3 Å². The molecule has 0 fully saturated rings. The van der Waals surface area contributed by atoms with Gasteiger partial charge in [0.2, 0.25) is 0 Å². The lowest BCUT2D eigenvalue weighted by Gasteiger charge is -2.07. The Hall–Kier alpha value is -1.96. The zero-order valence-electron chi connectivity index (χ0n) is 10.4. The van der Waals surface area contributed by atoms with E-state index >= 15 is 0 Å². The predicted octanol–water partition coefficient (Wildman–Crippen LogP) is 4.08. The van der Waals surface area contributed by atoms with Gasteiger partial charge in [-0.2, -0.15) is 0 Å². The summed E-state index contributed by atoms with van der Waals surface area (Å²) < 4.78 is 5.68. The van der Waals surface area contributed by atoms with Gasteiger partial charge in [-0.1, -0.05) is 12.1 Å². The van der Waals surface area contributed by atoms with Crippen molar-refractivity contribution in [3.8, 4) is 11.5 Å². The largest absolute Gasteiger partial charge is 0.507 e. The third-order valence-electron chi connectivity index (χ3n) is 2.78. The highest BCUT2D eigenvalue weighted by atomic mass is 16.5. The van der Waals surface area contributed by atoms with Crippen LogP contribution in [0.2, 0.25) is 0 Å². The van der Waals surface area contributed by atoms with Gasteiger partial charge in [0.15, 0.2) is 0 Å². The minimum atomic E-state index is 0.167. The molecule has 0 atom stereocenters. The number of allylic oxidation sites excluding steroid dienone is 1. The molecule has 2 nitrogen and oxygen atoms in total. The highest BCUT2D eigenvalue weighted by molar-refractivity contribution is 5.84. The fourth-order valence-corrected chi connectivity index (χ4v) is 1.81. The first-order valence-corrected chi connectivity index (χ1v) is 6.18. The molecule has 0 heterocycles. The van der Waals surface area contributed by atoms with Gasteiger partial charge >= 0.3 is 0 Å². The van der Waals surface area contributed by atoms with Crippen molar-refractivity contribution in [2.45, 2.75) is 19.3 Å². The fraction of sp³-hybridized carbons (Fsp3) is 0.250. The Labute approximate surface area is 108 Å². The maximum Gasteiger partial charge on any atom is 0.124 e. The lowest BCUT2D eigenvalue weighted by Crippen LogP contribution is -1.96. The summed E-state index contributed by atoms with van der Waals surface area (Å²) in [7, 11) is 0. The second-order valence-electron chi connectivity index (χ2n) is 4.23. The average molecular weight is 241 g/mol. The molecule has 18 heavy (non-hydrogen) atoms. The molecule has 0 spiro atoms. The van der Waals surface area contributed by atoms with Crippen LogP contribution >= 0.6 is 0 Å². The van der Waals surface area contributed by atoms with Gasteiger partial charge < -0.3 is 9.84 Å². The standard InChI is InChI=1S/C16H17O2/c1-2-3-4-5-10-18-16-9-7-13-11-15(17)8-6-14(13)12-16/h2,6-9,12,17H,1,3-5,10H2. The zero-order chi connectivity index (χ0) is 12.8. The molecule has 1 N–H and O–H groups in total. The highest BCUT2D eigenvalue weighted by Gasteiger charge is 1.99. The van der Waals surface area contributed by atoms with E-state index in [4.69, 9.17) is 4.74 Å². The summed E-state index contributed by atoms with van der Waals surface area (Å²) in [5.74, 6) is 1.03. The third-order valence-corrected chi connectivity index (χ3v) is 2.78. The van der Waals surface area contributed by atoms with Crippen molar-refractivity contribution in [1.29, 1.82) is 0 Å². The van der Waals surface area contributed by atoms with Crippen molar-refractivity contribution >= 4 is 10.8 Å². The van der Waals surface area contributed by atoms with Crippen LogP contribution in [0.5, 0.6) is 11.5 Å². The first kappa shape index (κ1) is 12.5. The quantitative estimate of drug-likeness (QED) is 0.610. The molecule has 0 unspecified atom stereocenters. The van der Waals surface area contributed by atoms with E-state index in [9.17, 15) is 5.11 Å². The second kappa shape index (κ2) is 6.10. The molecular weight excluding hydrogens is 224 g/mol. The van der Waals surface area contributed by atoms with Crippen LogP contribution in [-0.2, 0) is 0 Å². The second-order valence-corrected chi connectivity index (χ2v) is 4.23. The van der Waals surface area contributed by atoms with Gasteiger partial charge in [0, 0.05) is 6.07 Å². The van der Waals surface area contributed by atoms with Gasteiger partial charge in [-0.15, -0.1) is 6.58 Å². The zero-order valence-corrected chi connectivity index (χ0v) is 10.4. The Morgan fingerprint density at radius 3 is 2.94 bits per heavy atom. The molecule has 0 aliphatic rings. The fourth-order valence-electron chi connectivity index (χ4n) is 1.81. The van der Waals surface area contributed by atoms with Crippen LogP contribution in [0.1, 0.15) is 19.3 Å². The van der Waals surface area contributed by atoms with E-state index in [1.165, 1.54) is 0 Å². The topological polar surface area (TPSA) is 29.5 Å². The molecule has 0 bridgehead atoms. The van der Waals surface area contributed by atoms with Crippen LogP contribution in [0, 0.1) is 6.07 Å². The molecule has 2 rings (SSSR count). The van der Waals surface area contributed by atoms with E-state index in [0.717, 1.165) is 42.4 Å². The summed E-state index contributed by atoms with van der Waals surface area (Å²) in [4.78, 5) is 0. The number of benzene rings is 2. The van der Waals surface area contributed by atoms with E-state index in [2.05, 4.69) is 12.6 Å². The molecule has 0 aliphatic carbocycles. The number of phenolic OH excluding ortho intramolecular Hbond substituents is 1. The molecule has 2 heteroatoms. The predicted molar refractivity (Wildman–Crippen MR) is 74.0 cm³/mol. The summed E-state index contributed by atoms with van der Waals surface area (Å²) in [6.45, 7) is 4.42. The van der Waals surface area contributed by atoms with Crippen molar-refractivity contribution in [2.75, 3.05) is 6.61 Å². The maximum atomic E-state index is 9.33. The first-order valence-electron chi connectivity index (χ1n) is 6.18.